The van der Waals surface area contributed by atoms with E-state index in [4.69, 9.17) is 0 Å². The van der Waals surface area contributed by atoms with E-state index in [1.807, 2.05) is 53.7 Å². The Labute approximate surface area is 122 Å². The summed E-state index contributed by atoms with van der Waals surface area (Å²) in [6.45, 7) is 2.90. The highest BCUT2D eigenvalue weighted by atomic mass is 32.2. The fourth-order valence-corrected chi connectivity index (χ4v) is 3.31. The molecule has 0 amide bonds. The quantitative estimate of drug-likeness (QED) is 0.787. The minimum absolute atomic E-state index is 0.289. The standard InChI is InChI=1S/C17H17NOS/c1-14-7-11-17(12-8-14)20(19)18-13-16(18)10-9-15-5-3-2-4-6-15/h2-12,16H,13H2,1H3/b10-9+/t16-,18?,20?/m1/s1. The molecule has 0 aliphatic carbocycles. The van der Waals surface area contributed by atoms with E-state index >= 15 is 0 Å². The molecule has 1 aliphatic rings. The second-order valence-electron chi connectivity index (χ2n) is 5.00. The highest BCUT2D eigenvalue weighted by molar-refractivity contribution is 7.83. The molecule has 0 N–H and O–H groups in total. The normalized spacial score (nSPS) is 22.9. The molecule has 2 unspecified atom stereocenters. The first-order valence-electron chi connectivity index (χ1n) is 6.72. The van der Waals surface area contributed by atoms with E-state index in [9.17, 15) is 4.21 Å². The van der Waals surface area contributed by atoms with Crippen molar-refractivity contribution >= 4 is 17.1 Å². The van der Waals surface area contributed by atoms with Crippen LogP contribution < -0.4 is 0 Å². The zero-order valence-electron chi connectivity index (χ0n) is 11.4. The van der Waals surface area contributed by atoms with Crippen molar-refractivity contribution in [3.05, 3.63) is 71.8 Å². The molecule has 3 heteroatoms. The minimum Gasteiger partial charge on any atom is -0.237 e. The largest absolute Gasteiger partial charge is 0.237 e. The third-order valence-corrected chi connectivity index (χ3v) is 4.87. The molecule has 102 valence electrons. The highest BCUT2D eigenvalue weighted by Crippen LogP contribution is 2.26. The molecule has 0 radical (unpaired) electrons. The molecule has 0 spiro atoms. The van der Waals surface area contributed by atoms with Gasteiger partial charge in [-0.3, -0.25) is 0 Å². The number of nitrogens with zero attached hydrogens (tertiary/aromatic N) is 1. The van der Waals surface area contributed by atoms with E-state index in [2.05, 4.69) is 24.3 Å². The monoisotopic (exact) mass is 283 g/mol. The smallest absolute Gasteiger partial charge is 0.128 e. The Morgan fingerprint density at radius 2 is 1.80 bits per heavy atom. The molecule has 2 aromatic rings. The van der Waals surface area contributed by atoms with E-state index < -0.39 is 11.0 Å². The van der Waals surface area contributed by atoms with Crippen molar-refractivity contribution in [1.82, 2.24) is 4.31 Å². The van der Waals surface area contributed by atoms with Crippen molar-refractivity contribution in [2.45, 2.75) is 17.9 Å². The van der Waals surface area contributed by atoms with Gasteiger partial charge in [0.15, 0.2) is 0 Å². The topological polar surface area (TPSA) is 20.1 Å². The van der Waals surface area contributed by atoms with E-state index in [1.165, 1.54) is 11.1 Å². The second-order valence-corrected chi connectivity index (χ2v) is 6.44. The lowest BCUT2D eigenvalue weighted by molar-refractivity contribution is 0.652. The number of aryl methyl sites for hydroxylation is 1. The summed E-state index contributed by atoms with van der Waals surface area (Å²) < 4.78 is 14.3. The summed E-state index contributed by atoms with van der Waals surface area (Å²) in [5, 5.41) is 0. The van der Waals surface area contributed by atoms with Crippen LogP contribution in [0.1, 0.15) is 11.1 Å². The van der Waals surface area contributed by atoms with Crippen molar-refractivity contribution in [2.75, 3.05) is 6.54 Å². The Bertz CT molecular complexity index is 634. The lowest BCUT2D eigenvalue weighted by Crippen LogP contribution is -2.05. The predicted octanol–water partition coefficient (Wildman–Crippen LogP) is 3.42. The molecule has 2 aromatic carbocycles. The van der Waals surface area contributed by atoms with Crippen LogP contribution in [0.4, 0.5) is 0 Å². The van der Waals surface area contributed by atoms with Crippen molar-refractivity contribution in [3.8, 4) is 0 Å². The van der Waals surface area contributed by atoms with Gasteiger partial charge in [-0.05, 0) is 24.6 Å². The summed E-state index contributed by atoms with van der Waals surface area (Å²) in [7, 11) is -1.04. The molecule has 1 saturated heterocycles. The van der Waals surface area contributed by atoms with E-state index in [0.717, 1.165) is 11.4 Å². The highest BCUT2D eigenvalue weighted by Gasteiger charge is 2.37. The molecule has 3 rings (SSSR count). The number of benzene rings is 2. The summed E-state index contributed by atoms with van der Waals surface area (Å²) >= 11 is 0. The number of rotatable bonds is 4. The lowest BCUT2D eigenvalue weighted by Gasteiger charge is -2.02. The number of hydrogen-bond acceptors (Lipinski definition) is 1. The van der Waals surface area contributed by atoms with Gasteiger partial charge in [0, 0.05) is 6.54 Å². The van der Waals surface area contributed by atoms with Gasteiger partial charge in [-0.15, -0.1) is 0 Å². The summed E-state index contributed by atoms with van der Waals surface area (Å²) in [6, 6.07) is 18.4. The Kier molecular flexibility index (Phi) is 3.81. The molecule has 0 saturated carbocycles. The Balaban J connectivity index is 1.63. The van der Waals surface area contributed by atoms with Gasteiger partial charge in [-0.25, -0.2) is 8.51 Å². The molecular formula is C17H17NOS. The average Bonchev–Trinajstić information content (AvgIpc) is 3.26. The first-order chi connectivity index (χ1) is 9.74. The van der Waals surface area contributed by atoms with Crippen molar-refractivity contribution in [1.29, 1.82) is 0 Å². The Hall–Kier alpha value is -1.71. The van der Waals surface area contributed by atoms with Crippen LogP contribution in [0.3, 0.4) is 0 Å². The maximum absolute atomic E-state index is 12.3. The first-order valence-corrected chi connectivity index (χ1v) is 7.83. The van der Waals surface area contributed by atoms with Gasteiger partial charge in [0.1, 0.15) is 11.0 Å². The van der Waals surface area contributed by atoms with Gasteiger partial charge in [-0.2, -0.15) is 0 Å². The molecule has 0 bridgehead atoms. The summed E-state index contributed by atoms with van der Waals surface area (Å²) in [5.74, 6) is 0. The van der Waals surface area contributed by atoms with Gasteiger partial charge >= 0.3 is 0 Å². The Morgan fingerprint density at radius 1 is 1.10 bits per heavy atom. The van der Waals surface area contributed by atoms with Crippen LogP contribution >= 0.6 is 0 Å². The van der Waals surface area contributed by atoms with Gasteiger partial charge in [-0.1, -0.05) is 60.2 Å². The summed E-state index contributed by atoms with van der Waals surface area (Å²) in [6.07, 6.45) is 4.22. The second kappa shape index (κ2) is 5.73. The van der Waals surface area contributed by atoms with Crippen molar-refractivity contribution in [3.63, 3.8) is 0 Å². The number of hydrogen-bond donors (Lipinski definition) is 0. The average molecular weight is 283 g/mol. The zero-order chi connectivity index (χ0) is 13.9. The molecule has 0 aromatic heterocycles. The first kappa shape index (κ1) is 13.3. The molecule has 1 fully saturated rings. The van der Waals surface area contributed by atoms with Crippen LogP contribution in [-0.4, -0.2) is 21.1 Å². The van der Waals surface area contributed by atoms with Crippen LogP contribution in [0.15, 0.2) is 65.6 Å². The van der Waals surface area contributed by atoms with Gasteiger partial charge < -0.3 is 0 Å². The van der Waals surface area contributed by atoms with Crippen LogP contribution in [0, 0.1) is 6.92 Å². The molecule has 2 nitrogen and oxygen atoms in total. The SMILES string of the molecule is Cc1ccc(S(=O)N2C[C@H]2/C=C/c2ccccc2)cc1. The lowest BCUT2D eigenvalue weighted by atomic mass is 10.2. The van der Waals surface area contributed by atoms with Crippen LogP contribution in [0.2, 0.25) is 0 Å². The van der Waals surface area contributed by atoms with Crippen LogP contribution in [-0.2, 0) is 11.0 Å². The fourth-order valence-electron chi connectivity index (χ4n) is 2.06. The van der Waals surface area contributed by atoms with Crippen molar-refractivity contribution in [2.24, 2.45) is 0 Å². The van der Waals surface area contributed by atoms with Gasteiger partial charge in [0.2, 0.25) is 0 Å². The third-order valence-electron chi connectivity index (χ3n) is 3.35. The van der Waals surface area contributed by atoms with Crippen molar-refractivity contribution < 1.29 is 4.21 Å². The maximum atomic E-state index is 12.3. The molecule has 3 atom stereocenters. The molecule has 1 heterocycles. The van der Waals surface area contributed by atoms with E-state index in [1.54, 1.807) is 0 Å². The third kappa shape index (κ3) is 3.06. The summed E-state index contributed by atoms with van der Waals surface area (Å²) in [4.78, 5) is 0.881. The fraction of sp³-hybridized carbons (Fsp3) is 0.176. The molecule has 20 heavy (non-hydrogen) atoms. The minimum atomic E-state index is -1.04. The van der Waals surface area contributed by atoms with Crippen LogP contribution in [0.25, 0.3) is 6.08 Å². The predicted molar refractivity (Wildman–Crippen MR) is 83.6 cm³/mol. The molecular weight excluding hydrogens is 266 g/mol. The van der Waals surface area contributed by atoms with Gasteiger partial charge in [0.05, 0.1) is 10.9 Å². The van der Waals surface area contributed by atoms with Crippen LogP contribution in [0.5, 0.6) is 0 Å². The summed E-state index contributed by atoms with van der Waals surface area (Å²) in [5.41, 5.74) is 2.37. The molecule has 1 aliphatic heterocycles. The Morgan fingerprint density at radius 3 is 2.50 bits per heavy atom. The maximum Gasteiger partial charge on any atom is 0.128 e. The van der Waals surface area contributed by atoms with Gasteiger partial charge in [0.25, 0.3) is 0 Å². The zero-order valence-corrected chi connectivity index (χ0v) is 12.2. The van der Waals surface area contributed by atoms with E-state index in [0.29, 0.717) is 0 Å². The van der Waals surface area contributed by atoms with E-state index in [-0.39, 0.29) is 6.04 Å².